The predicted octanol–water partition coefficient (Wildman–Crippen LogP) is 1.51. The van der Waals surface area contributed by atoms with Gasteiger partial charge >= 0.3 is 0 Å². The molecule has 2 N–H and O–H groups in total. The number of benzene rings is 1. The standard InChI is InChI=1S/C10H12F2N2O/c1-7(15)13-2-3-14-10-5-8(11)4-9(12)6-10/h4-6,14H,2-3H2,1H3,(H,13,15). The second-order valence-corrected chi connectivity index (χ2v) is 3.07. The van der Waals surface area contributed by atoms with Crippen LogP contribution in [0.25, 0.3) is 0 Å². The van der Waals surface area contributed by atoms with E-state index in [4.69, 9.17) is 0 Å². The van der Waals surface area contributed by atoms with Crippen LogP contribution >= 0.6 is 0 Å². The van der Waals surface area contributed by atoms with E-state index in [1.165, 1.54) is 19.1 Å². The summed E-state index contributed by atoms with van der Waals surface area (Å²) in [4.78, 5) is 10.5. The molecule has 0 aromatic heterocycles. The molecular weight excluding hydrogens is 202 g/mol. The SMILES string of the molecule is CC(=O)NCCNc1cc(F)cc(F)c1. The van der Waals surface area contributed by atoms with Crippen LogP contribution in [0.1, 0.15) is 6.92 Å². The van der Waals surface area contributed by atoms with Gasteiger partial charge in [0, 0.05) is 31.8 Å². The highest BCUT2D eigenvalue weighted by atomic mass is 19.1. The molecule has 0 fully saturated rings. The van der Waals surface area contributed by atoms with Gasteiger partial charge in [-0.15, -0.1) is 0 Å². The van der Waals surface area contributed by atoms with Crippen LogP contribution in [0.3, 0.4) is 0 Å². The van der Waals surface area contributed by atoms with Crippen molar-refractivity contribution in [1.29, 1.82) is 0 Å². The smallest absolute Gasteiger partial charge is 0.216 e. The minimum absolute atomic E-state index is 0.137. The molecule has 0 aliphatic rings. The molecule has 82 valence electrons. The molecule has 1 aromatic carbocycles. The molecular formula is C10H12F2N2O. The van der Waals surface area contributed by atoms with E-state index in [-0.39, 0.29) is 5.91 Å². The first-order valence-corrected chi connectivity index (χ1v) is 4.52. The summed E-state index contributed by atoms with van der Waals surface area (Å²) in [5.74, 6) is -1.39. The van der Waals surface area contributed by atoms with Gasteiger partial charge in [0.15, 0.2) is 0 Å². The summed E-state index contributed by atoms with van der Waals surface area (Å²) in [6.07, 6.45) is 0. The van der Waals surface area contributed by atoms with Gasteiger partial charge in [0.05, 0.1) is 0 Å². The lowest BCUT2D eigenvalue weighted by molar-refractivity contribution is -0.118. The van der Waals surface area contributed by atoms with Crippen molar-refractivity contribution in [3.05, 3.63) is 29.8 Å². The highest BCUT2D eigenvalue weighted by molar-refractivity contribution is 5.72. The van der Waals surface area contributed by atoms with E-state index in [1.54, 1.807) is 0 Å². The van der Waals surface area contributed by atoms with Gasteiger partial charge in [-0.25, -0.2) is 8.78 Å². The minimum atomic E-state index is -0.628. The topological polar surface area (TPSA) is 41.1 Å². The van der Waals surface area contributed by atoms with Gasteiger partial charge in [-0.05, 0) is 12.1 Å². The van der Waals surface area contributed by atoms with Crippen LogP contribution in [0.4, 0.5) is 14.5 Å². The molecule has 0 radical (unpaired) electrons. The fraction of sp³-hybridized carbons (Fsp3) is 0.300. The maximum atomic E-state index is 12.7. The van der Waals surface area contributed by atoms with Crippen molar-refractivity contribution in [1.82, 2.24) is 5.32 Å². The zero-order valence-electron chi connectivity index (χ0n) is 8.31. The van der Waals surface area contributed by atoms with Crippen LogP contribution in [-0.2, 0) is 4.79 Å². The number of anilines is 1. The molecule has 0 bridgehead atoms. The molecule has 0 saturated heterocycles. The number of rotatable bonds is 4. The number of nitrogens with one attached hydrogen (secondary N) is 2. The van der Waals surface area contributed by atoms with Gasteiger partial charge < -0.3 is 10.6 Å². The van der Waals surface area contributed by atoms with E-state index in [9.17, 15) is 13.6 Å². The lowest BCUT2D eigenvalue weighted by Crippen LogP contribution is -2.26. The Bertz CT molecular complexity index is 335. The molecule has 0 aliphatic carbocycles. The summed E-state index contributed by atoms with van der Waals surface area (Å²) in [6, 6.07) is 3.19. The monoisotopic (exact) mass is 214 g/mol. The van der Waals surface area contributed by atoms with E-state index in [1.807, 2.05) is 0 Å². The molecule has 1 aromatic rings. The summed E-state index contributed by atoms with van der Waals surface area (Å²) in [5, 5.41) is 5.34. The molecule has 1 rings (SSSR count). The van der Waals surface area contributed by atoms with Crippen LogP contribution in [0.5, 0.6) is 0 Å². The van der Waals surface area contributed by atoms with Crippen molar-refractivity contribution in [2.75, 3.05) is 18.4 Å². The van der Waals surface area contributed by atoms with Crippen molar-refractivity contribution < 1.29 is 13.6 Å². The van der Waals surface area contributed by atoms with Gasteiger partial charge in [0.2, 0.25) is 5.91 Å². The van der Waals surface area contributed by atoms with Crippen molar-refractivity contribution in [3.63, 3.8) is 0 Å². The third kappa shape index (κ3) is 4.39. The average molecular weight is 214 g/mol. The van der Waals surface area contributed by atoms with Crippen LogP contribution in [-0.4, -0.2) is 19.0 Å². The fourth-order valence-electron chi connectivity index (χ4n) is 1.10. The summed E-state index contributed by atoms with van der Waals surface area (Å²) < 4.78 is 25.4. The van der Waals surface area contributed by atoms with Crippen molar-refractivity contribution in [2.45, 2.75) is 6.92 Å². The average Bonchev–Trinajstić information content (AvgIpc) is 2.10. The molecule has 3 nitrogen and oxygen atoms in total. The molecule has 5 heteroatoms. The maximum Gasteiger partial charge on any atom is 0.216 e. The number of carbonyl (C=O) groups is 1. The van der Waals surface area contributed by atoms with Gasteiger partial charge in [0.1, 0.15) is 11.6 Å². The van der Waals surface area contributed by atoms with Gasteiger partial charge in [0.25, 0.3) is 0 Å². The summed E-state index contributed by atoms with van der Waals surface area (Å²) in [7, 11) is 0. The van der Waals surface area contributed by atoms with Crippen LogP contribution in [0, 0.1) is 11.6 Å². The first-order chi connectivity index (χ1) is 7.08. The maximum absolute atomic E-state index is 12.7. The molecule has 15 heavy (non-hydrogen) atoms. The minimum Gasteiger partial charge on any atom is -0.383 e. The normalized spacial score (nSPS) is 9.80. The second kappa shape index (κ2) is 5.29. The van der Waals surface area contributed by atoms with Gasteiger partial charge in [-0.3, -0.25) is 4.79 Å². The number of hydrogen-bond acceptors (Lipinski definition) is 2. The molecule has 0 atom stereocenters. The van der Waals surface area contributed by atoms with Gasteiger partial charge in [-0.2, -0.15) is 0 Å². The first-order valence-electron chi connectivity index (χ1n) is 4.52. The van der Waals surface area contributed by atoms with Gasteiger partial charge in [-0.1, -0.05) is 0 Å². The van der Waals surface area contributed by atoms with Crippen molar-refractivity contribution >= 4 is 11.6 Å². The lowest BCUT2D eigenvalue weighted by atomic mass is 10.3. The molecule has 0 saturated carbocycles. The second-order valence-electron chi connectivity index (χ2n) is 3.07. The Kier molecular flexibility index (Phi) is 4.03. The lowest BCUT2D eigenvalue weighted by Gasteiger charge is -2.06. The third-order valence-corrected chi connectivity index (χ3v) is 1.69. The summed E-state index contributed by atoms with van der Waals surface area (Å²) >= 11 is 0. The van der Waals surface area contributed by atoms with Crippen LogP contribution < -0.4 is 10.6 Å². The Labute approximate surface area is 86.5 Å². The Morgan fingerprint density at radius 1 is 1.20 bits per heavy atom. The van der Waals surface area contributed by atoms with Crippen molar-refractivity contribution in [2.24, 2.45) is 0 Å². The number of amides is 1. The zero-order chi connectivity index (χ0) is 11.3. The number of carbonyl (C=O) groups excluding carboxylic acids is 1. The van der Waals surface area contributed by atoms with E-state index >= 15 is 0 Å². The largest absolute Gasteiger partial charge is 0.383 e. The quantitative estimate of drug-likeness (QED) is 0.746. The third-order valence-electron chi connectivity index (χ3n) is 1.69. The molecule has 0 aliphatic heterocycles. The van der Waals surface area contributed by atoms with E-state index in [2.05, 4.69) is 10.6 Å². The Morgan fingerprint density at radius 3 is 2.33 bits per heavy atom. The zero-order valence-corrected chi connectivity index (χ0v) is 8.31. The highest BCUT2D eigenvalue weighted by Gasteiger charge is 1.99. The summed E-state index contributed by atoms with van der Waals surface area (Å²) in [6.45, 7) is 2.23. The predicted molar refractivity (Wildman–Crippen MR) is 53.5 cm³/mol. The van der Waals surface area contributed by atoms with Crippen molar-refractivity contribution in [3.8, 4) is 0 Å². The van der Waals surface area contributed by atoms with E-state index < -0.39 is 11.6 Å². The molecule has 0 unspecified atom stereocenters. The Hall–Kier alpha value is -1.65. The highest BCUT2D eigenvalue weighted by Crippen LogP contribution is 2.11. The Balaban J connectivity index is 2.40. The first kappa shape index (κ1) is 11.4. The molecule has 0 heterocycles. The number of halogens is 2. The number of hydrogen-bond donors (Lipinski definition) is 2. The Morgan fingerprint density at radius 2 is 1.80 bits per heavy atom. The molecule has 1 amide bonds. The van der Waals surface area contributed by atoms with Crippen LogP contribution in [0.15, 0.2) is 18.2 Å². The summed E-state index contributed by atoms with van der Waals surface area (Å²) in [5.41, 5.74) is 0.359. The van der Waals surface area contributed by atoms with E-state index in [0.717, 1.165) is 6.07 Å². The van der Waals surface area contributed by atoms with Crippen LogP contribution in [0.2, 0.25) is 0 Å². The molecule has 0 spiro atoms. The fourth-order valence-corrected chi connectivity index (χ4v) is 1.10. The van der Waals surface area contributed by atoms with E-state index in [0.29, 0.717) is 18.8 Å².